The van der Waals surface area contributed by atoms with Crippen LogP contribution in [0.3, 0.4) is 0 Å². The van der Waals surface area contributed by atoms with Crippen molar-refractivity contribution in [2.45, 2.75) is 53.4 Å². The van der Waals surface area contributed by atoms with Gasteiger partial charge in [-0.3, -0.25) is 0 Å². The molecule has 0 saturated carbocycles. The van der Waals surface area contributed by atoms with E-state index in [1.54, 1.807) is 0 Å². The van der Waals surface area contributed by atoms with Gasteiger partial charge >= 0.3 is 0 Å². The molecule has 1 atom stereocenters. The second-order valence-electron chi connectivity index (χ2n) is 5.23. The van der Waals surface area contributed by atoms with Crippen LogP contribution in [0.4, 0.5) is 0 Å². The summed E-state index contributed by atoms with van der Waals surface area (Å²) in [6.07, 6.45) is 5.53. The van der Waals surface area contributed by atoms with Crippen LogP contribution in [0, 0.1) is 17.8 Å². The molecule has 1 unspecified atom stereocenters. The lowest BCUT2D eigenvalue weighted by Crippen LogP contribution is -2.13. The summed E-state index contributed by atoms with van der Waals surface area (Å²) < 4.78 is 0. The third kappa shape index (κ3) is 7.37. The molecule has 0 saturated heterocycles. The van der Waals surface area contributed by atoms with Gasteiger partial charge in [-0.2, -0.15) is 0 Å². The van der Waals surface area contributed by atoms with Gasteiger partial charge in [0.05, 0.1) is 0 Å². The number of unbranched alkanes of at least 4 members (excludes halogenated alkanes) is 1. The number of hydrogen-bond donors (Lipinski definition) is 1. The Morgan fingerprint density at radius 3 is 2.07 bits per heavy atom. The molecule has 0 aliphatic rings. The summed E-state index contributed by atoms with van der Waals surface area (Å²) in [4.78, 5) is 0. The molecule has 0 heterocycles. The Kier molecular flexibility index (Phi) is 8.26. The zero-order chi connectivity index (χ0) is 11.0. The Bertz CT molecular complexity index is 118. The quantitative estimate of drug-likeness (QED) is 0.588. The maximum absolute atomic E-state index is 3.21. The van der Waals surface area contributed by atoms with E-state index in [0.29, 0.717) is 0 Å². The van der Waals surface area contributed by atoms with Crippen LogP contribution >= 0.6 is 0 Å². The fraction of sp³-hybridized carbons (Fsp3) is 1.00. The smallest absolute Gasteiger partial charge is 0.00519 e. The molecule has 0 aromatic heterocycles. The van der Waals surface area contributed by atoms with Crippen LogP contribution in [-0.2, 0) is 0 Å². The molecular formula is C13H29N. The molecule has 0 spiro atoms. The minimum absolute atomic E-state index is 0.853. The highest BCUT2D eigenvalue weighted by Crippen LogP contribution is 2.25. The van der Waals surface area contributed by atoms with Gasteiger partial charge in [-0.25, -0.2) is 0 Å². The van der Waals surface area contributed by atoms with E-state index < -0.39 is 0 Å². The molecule has 0 fully saturated rings. The third-order valence-corrected chi connectivity index (χ3v) is 2.97. The summed E-state index contributed by atoms with van der Waals surface area (Å²) in [6.45, 7) is 10.6. The zero-order valence-electron chi connectivity index (χ0n) is 10.8. The molecule has 0 aromatic rings. The molecule has 0 aromatic carbocycles. The summed E-state index contributed by atoms with van der Waals surface area (Å²) in [6, 6.07) is 0. The molecule has 86 valence electrons. The highest BCUT2D eigenvalue weighted by molar-refractivity contribution is 4.65. The van der Waals surface area contributed by atoms with Crippen molar-refractivity contribution >= 4 is 0 Å². The molecule has 0 aliphatic heterocycles. The van der Waals surface area contributed by atoms with Gasteiger partial charge in [-0.05, 0) is 44.2 Å². The molecule has 1 N–H and O–H groups in total. The molecule has 14 heavy (non-hydrogen) atoms. The summed E-state index contributed by atoms with van der Waals surface area (Å²) in [7, 11) is 2.04. The number of nitrogens with one attached hydrogen (secondary N) is 1. The normalized spacial score (nSPS) is 13.9. The van der Waals surface area contributed by atoms with Crippen molar-refractivity contribution in [2.75, 3.05) is 13.6 Å². The predicted molar refractivity (Wildman–Crippen MR) is 65.6 cm³/mol. The van der Waals surface area contributed by atoms with Crippen LogP contribution < -0.4 is 5.32 Å². The van der Waals surface area contributed by atoms with Gasteiger partial charge in [0.2, 0.25) is 0 Å². The third-order valence-electron chi connectivity index (χ3n) is 2.97. The predicted octanol–water partition coefficient (Wildman–Crippen LogP) is 3.69. The number of hydrogen-bond acceptors (Lipinski definition) is 1. The van der Waals surface area contributed by atoms with E-state index in [1.165, 1.54) is 32.2 Å². The Morgan fingerprint density at radius 1 is 1.00 bits per heavy atom. The Labute approximate surface area is 90.7 Å². The van der Waals surface area contributed by atoms with E-state index in [0.717, 1.165) is 17.8 Å². The minimum atomic E-state index is 0.853. The lowest BCUT2D eigenvalue weighted by Gasteiger charge is -2.22. The fourth-order valence-corrected chi connectivity index (χ4v) is 2.04. The maximum Gasteiger partial charge on any atom is -0.00519 e. The first-order chi connectivity index (χ1) is 6.57. The van der Waals surface area contributed by atoms with Crippen LogP contribution in [0.2, 0.25) is 0 Å². The standard InChI is InChI=1S/C13H29N/c1-11(2)10-13(12(3)4)8-6-7-9-14-5/h11-14H,6-10H2,1-5H3. The van der Waals surface area contributed by atoms with Crippen LogP contribution in [-0.4, -0.2) is 13.6 Å². The minimum Gasteiger partial charge on any atom is -0.320 e. The second-order valence-corrected chi connectivity index (χ2v) is 5.23. The highest BCUT2D eigenvalue weighted by Gasteiger charge is 2.14. The first-order valence-corrected chi connectivity index (χ1v) is 6.22. The molecule has 1 heteroatoms. The van der Waals surface area contributed by atoms with E-state index in [2.05, 4.69) is 33.0 Å². The average Bonchev–Trinajstić information content (AvgIpc) is 2.09. The molecule has 0 amide bonds. The van der Waals surface area contributed by atoms with Crippen molar-refractivity contribution in [3.8, 4) is 0 Å². The van der Waals surface area contributed by atoms with E-state index in [1.807, 2.05) is 7.05 Å². The van der Waals surface area contributed by atoms with Crippen LogP contribution in [0.1, 0.15) is 53.4 Å². The summed E-state index contributed by atoms with van der Waals surface area (Å²) in [5.74, 6) is 2.64. The zero-order valence-corrected chi connectivity index (χ0v) is 10.8. The van der Waals surface area contributed by atoms with Gasteiger partial charge in [0.25, 0.3) is 0 Å². The average molecular weight is 199 g/mol. The van der Waals surface area contributed by atoms with Gasteiger partial charge in [0, 0.05) is 0 Å². The maximum atomic E-state index is 3.21. The fourth-order valence-electron chi connectivity index (χ4n) is 2.04. The van der Waals surface area contributed by atoms with Gasteiger partial charge in [-0.1, -0.05) is 40.5 Å². The van der Waals surface area contributed by atoms with Gasteiger partial charge in [0.1, 0.15) is 0 Å². The van der Waals surface area contributed by atoms with Crippen molar-refractivity contribution in [2.24, 2.45) is 17.8 Å². The van der Waals surface area contributed by atoms with Crippen molar-refractivity contribution in [3.63, 3.8) is 0 Å². The Balaban J connectivity index is 3.63. The molecule has 1 nitrogen and oxygen atoms in total. The van der Waals surface area contributed by atoms with Crippen molar-refractivity contribution < 1.29 is 0 Å². The highest BCUT2D eigenvalue weighted by atomic mass is 14.8. The Morgan fingerprint density at radius 2 is 1.64 bits per heavy atom. The van der Waals surface area contributed by atoms with Crippen molar-refractivity contribution in [1.82, 2.24) is 5.32 Å². The summed E-state index contributed by atoms with van der Waals surface area (Å²) in [5, 5.41) is 3.21. The number of rotatable bonds is 8. The summed E-state index contributed by atoms with van der Waals surface area (Å²) in [5.41, 5.74) is 0. The first-order valence-electron chi connectivity index (χ1n) is 6.22. The van der Waals surface area contributed by atoms with Crippen LogP contribution in [0.5, 0.6) is 0 Å². The Hall–Kier alpha value is -0.0400. The van der Waals surface area contributed by atoms with Crippen molar-refractivity contribution in [1.29, 1.82) is 0 Å². The van der Waals surface area contributed by atoms with E-state index >= 15 is 0 Å². The molecule has 0 aliphatic carbocycles. The summed E-state index contributed by atoms with van der Waals surface area (Å²) >= 11 is 0. The first kappa shape index (κ1) is 14.0. The van der Waals surface area contributed by atoms with Gasteiger partial charge < -0.3 is 5.32 Å². The largest absolute Gasteiger partial charge is 0.320 e. The molecule has 0 rings (SSSR count). The lowest BCUT2D eigenvalue weighted by atomic mass is 9.84. The van der Waals surface area contributed by atoms with Crippen molar-refractivity contribution in [3.05, 3.63) is 0 Å². The molecule has 0 radical (unpaired) electrons. The SMILES string of the molecule is CNCCCCC(CC(C)C)C(C)C. The van der Waals surface area contributed by atoms with E-state index in [-0.39, 0.29) is 0 Å². The van der Waals surface area contributed by atoms with Gasteiger partial charge in [0.15, 0.2) is 0 Å². The van der Waals surface area contributed by atoms with Crippen LogP contribution in [0.15, 0.2) is 0 Å². The van der Waals surface area contributed by atoms with E-state index in [4.69, 9.17) is 0 Å². The molecular weight excluding hydrogens is 170 g/mol. The topological polar surface area (TPSA) is 12.0 Å². The monoisotopic (exact) mass is 199 g/mol. The van der Waals surface area contributed by atoms with Crippen LogP contribution in [0.25, 0.3) is 0 Å². The molecule has 0 bridgehead atoms. The van der Waals surface area contributed by atoms with Gasteiger partial charge in [-0.15, -0.1) is 0 Å². The second kappa shape index (κ2) is 8.28. The van der Waals surface area contributed by atoms with E-state index in [9.17, 15) is 0 Å². The lowest BCUT2D eigenvalue weighted by molar-refractivity contribution is 0.290.